The summed E-state index contributed by atoms with van der Waals surface area (Å²) < 4.78 is 1.92. The summed E-state index contributed by atoms with van der Waals surface area (Å²) in [5.41, 5.74) is 10.2. The van der Waals surface area contributed by atoms with Gasteiger partial charge < -0.3 is 4.57 Å². The number of hydrogen-bond acceptors (Lipinski definition) is 3. The summed E-state index contributed by atoms with van der Waals surface area (Å²) in [4.78, 5) is 21.1. The highest BCUT2D eigenvalue weighted by atomic mass is 16.2. The van der Waals surface area contributed by atoms with Gasteiger partial charge in [0.2, 0.25) is 11.9 Å². The van der Waals surface area contributed by atoms with Crippen molar-refractivity contribution in [2.45, 2.75) is 6.42 Å². The zero-order chi connectivity index (χ0) is 14.1. The minimum atomic E-state index is 0.0292. The molecule has 20 heavy (non-hydrogen) atoms. The molecule has 3 rings (SSSR count). The fourth-order valence-corrected chi connectivity index (χ4v) is 2.62. The van der Waals surface area contributed by atoms with E-state index in [-0.39, 0.29) is 11.8 Å². The molecule has 1 aromatic heterocycles. The lowest BCUT2D eigenvalue weighted by atomic mass is 10.1. The normalized spacial score (nSPS) is 18.6. The van der Waals surface area contributed by atoms with Gasteiger partial charge in [-0.15, -0.1) is 0 Å². The number of aryl methyl sites for hydroxylation is 1. The molecule has 2 aromatic rings. The van der Waals surface area contributed by atoms with Crippen LogP contribution in [0.15, 0.2) is 29.4 Å². The lowest BCUT2D eigenvalue weighted by molar-refractivity contribution is -0.117. The lowest BCUT2D eigenvalue weighted by Gasteiger charge is -2.15. The molecular formula is C13H14N6O. The Morgan fingerprint density at radius 1 is 1.50 bits per heavy atom. The molecular weight excluding hydrogens is 256 g/mol. The summed E-state index contributed by atoms with van der Waals surface area (Å²) in [6.07, 6.45) is 0.405. The van der Waals surface area contributed by atoms with E-state index in [4.69, 9.17) is 5.53 Å². The molecule has 1 saturated heterocycles. The molecule has 1 fully saturated rings. The summed E-state index contributed by atoms with van der Waals surface area (Å²) in [7, 11) is 1.90. The van der Waals surface area contributed by atoms with Gasteiger partial charge in [0.1, 0.15) is 0 Å². The van der Waals surface area contributed by atoms with Crippen molar-refractivity contribution in [3.05, 3.63) is 34.7 Å². The number of imidazole rings is 1. The molecule has 0 radical (unpaired) electrons. The van der Waals surface area contributed by atoms with Crippen molar-refractivity contribution in [3.63, 3.8) is 0 Å². The molecule has 0 aliphatic carbocycles. The van der Waals surface area contributed by atoms with Crippen molar-refractivity contribution >= 4 is 22.9 Å². The Balaban J connectivity index is 1.93. The number of nitrogens with zero attached hydrogens (tertiary/aromatic N) is 6. The third-order valence-electron chi connectivity index (χ3n) is 3.61. The molecule has 7 heteroatoms. The summed E-state index contributed by atoms with van der Waals surface area (Å²) in [5, 5.41) is 3.56. The number of aromatic nitrogens is 2. The second-order valence-corrected chi connectivity index (χ2v) is 4.95. The molecule has 102 valence electrons. The van der Waals surface area contributed by atoms with Crippen LogP contribution < -0.4 is 4.90 Å². The van der Waals surface area contributed by atoms with Crippen LogP contribution in [0.5, 0.6) is 0 Å². The van der Waals surface area contributed by atoms with Crippen LogP contribution in [0.4, 0.5) is 5.95 Å². The molecule has 1 aliphatic rings. The Hall–Kier alpha value is -2.53. The number of para-hydroxylation sites is 2. The second-order valence-electron chi connectivity index (χ2n) is 4.95. The minimum Gasteiger partial charge on any atom is -0.313 e. The maximum atomic E-state index is 12.1. The van der Waals surface area contributed by atoms with Gasteiger partial charge in [-0.1, -0.05) is 17.2 Å². The Labute approximate surface area is 115 Å². The topological polar surface area (TPSA) is 86.9 Å². The van der Waals surface area contributed by atoms with E-state index in [1.807, 2.05) is 35.9 Å². The third kappa shape index (κ3) is 1.98. The first-order valence-corrected chi connectivity index (χ1v) is 6.43. The van der Waals surface area contributed by atoms with E-state index < -0.39 is 0 Å². The molecule has 2 heterocycles. The molecule has 0 N–H and O–H groups in total. The van der Waals surface area contributed by atoms with Crippen LogP contribution in [-0.2, 0) is 11.8 Å². The van der Waals surface area contributed by atoms with E-state index in [0.717, 1.165) is 11.0 Å². The molecule has 1 atom stereocenters. The predicted octanol–water partition coefficient (Wildman–Crippen LogP) is 2.24. The van der Waals surface area contributed by atoms with Gasteiger partial charge in [0.25, 0.3) is 0 Å². The Morgan fingerprint density at radius 3 is 3.05 bits per heavy atom. The minimum absolute atomic E-state index is 0.0292. The van der Waals surface area contributed by atoms with E-state index in [0.29, 0.717) is 25.5 Å². The van der Waals surface area contributed by atoms with Gasteiger partial charge in [-0.3, -0.25) is 9.69 Å². The number of anilines is 1. The Morgan fingerprint density at radius 2 is 2.30 bits per heavy atom. The van der Waals surface area contributed by atoms with Gasteiger partial charge >= 0.3 is 0 Å². The van der Waals surface area contributed by atoms with E-state index in [1.54, 1.807) is 4.90 Å². The fourth-order valence-electron chi connectivity index (χ4n) is 2.62. The van der Waals surface area contributed by atoms with Crippen LogP contribution in [0.2, 0.25) is 0 Å². The molecule has 1 unspecified atom stereocenters. The van der Waals surface area contributed by atoms with E-state index in [1.165, 1.54) is 0 Å². The Bertz CT molecular complexity index is 715. The number of carbonyl (C=O) groups is 1. The van der Waals surface area contributed by atoms with Crippen molar-refractivity contribution in [2.75, 3.05) is 18.0 Å². The molecule has 1 aliphatic heterocycles. The van der Waals surface area contributed by atoms with Crippen molar-refractivity contribution in [3.8, 4) is 0 Å². The predicted molar refractivity (Wildman–Crippen MR) is 75.2 cm³/mol. The average molecular weight is 270 g/mol. The van der Waals surface area contributed by atoms with Crippen LogP contribution in [0.1, 0.15) is 6.42 Å². The number of hydrogen-bond donors (Lipinski definition) is 0. The monoisotopic (exact) mass is 270 g/mol. The van der Waals surface area contributed by atoms with Gasteiger partial charge in [-0.2, -0.15) is 0 Å². The molecule has 0 spiro atoms. The number of azide groups is 1. The van der Waals surface area contributed by atoms with Gasteiger partial charge in [0.05, 0.1) is 11.0 Å². The molecule has 1 amide bonds. The maximum absolute atomic E-state index is 12.1. The highest BCUT2D eigenvalue weighted by Gasteiger charge is 2.32. The average Bonchev–Trinajstić information content (AvgIpc) is 2.98. The molecule has 0 saturated carbocycles. The summed E-state index contributed by atoms with van der Waals surface area (Å²) >= 11 is 0. The van der Waals surface area contributed by atoms with Crippen molar-refractivity contribution in [1.29, 1.82) is 0 Å². The Kier molecular flexibility index (Phi) is 3.04. The molecule has 0 bridgehead atoms. The maximum Gasteiger partial charge on any atom is 0.229 e. The van der Waals surface area contributed by atoms with Crippen molar-refractivity contribution in [1.82, 2.24) is 9.55 Å². The van der Waals surface area contributed by atoms with Crippen LogP contribution in [0.25, 0.3) is 21.5 Å². The number of amides is 1. The highest BCUT2D eigenvalue weighted by molar-refractivity contribution is 5.96. The number of fused-ring (bicyclic) bond motifs is 1. The van der Waals surface area contributed by atoms with Crippen molar-refractivity contribution < 1.29 is 4.79 Å². The van der Waals surface area contributed by atoms with Gasteiger partial charge in [-0.05, 0) is 23.6 Å². The van der Waals surface area contributed by atoms with Crippen LogP contribution in [-0.4, -0.2) is 28.5 Å². The summed E-state index contributed by atoms with van der Waals surface area (Å²) in [6.45, 7) is 0.900. The van der Waals surface area contributed by atoms with E-state index >= 15 is 0 Å². The zero-order valence-corrected chi connectivity index (χ0v) is 11.1. The largest absolute Gasteiger partial charge is 0.313 e. The lowest BCUT2D eigenvalue weighted by Crippen LogP contribution is -2.27. The first-order chi connectivity index (χ1) is 9.70. The standard InChI is InChI=1S/C13H14N6O/c1-18-11-5-3-2-4-10(11)16-13(18)19-8-9(6-12(19)20)7-15-17-14/h2-5,9H,6-8H2,1H3. The first kappa shape index (κ1) is 12.5. The number of rotatable bonds is 3. The molecule has 7 nitrogen and oxygen atoms in total. The highest BCUT2D eigenvalue weighted by Crippen LogP contribution is 2.27. The SMILES string of the molecule is Cn1c(N2CC(CN=[N+]=[N-])CC2=O)nc2ccccc21. The van der Waals surface area contributed by atoms with Crippen molar-refractivity contribution in [2.24, 2.45) is 18.1 Å². The quantitative estimate of drug-likeness (QED) is 0.486. The molecule has 1 aromatic carbocycles. The van der Waals surface area contributed by atoms with Crippen LogP contribution >= 0.6 is 0 Å². The fraction of sp³-hybridized carbons (Fsp3) is 0.385. The zero-order valence-electron chi connectivity index (χ0n) is 11.1. The number of benzene rings is 1. The summed E-state index contributed by atoms with van der Waals surface area (Å²) in [5.74, 6) is 0.749. The summed E-state index contributed by atoms with van der Waals surface area (Å²) in [6, 6.07) is 7.78. The van der Waals surface area contributed by atoms with E-state index in [2.05, 4.69) is 15.0 Å². The van der Waals surface area contributed by atoms with Gasteiger partial charge in [-0.25, -0.2) is 4.98 Å². The van der Waals surface area contributed by atoms with Crippen LogP contribution in [0, 0.1) is 5.92 Å². The first-order valence-electron chi connectivity index (χ1n) is 6.43. The van der Waals surface area contributed by atoms with E-state index in [9.17, 15) is 4.79 Å². The van der Waals surface area contributed by atoms with Gasteiger partial charge in [0.15, 0.2) is 0 Å². The number of carbonyl (C=O) groups excluding carboxylic acids is 1. The van der Waals surface area contributed by atoms with Gasteiger partial charge in [0, 0.05) is 31.5 Å². The smallest absolute Gasteiger partial charge is 0.229 e. The second kappa shape index (κ2) is 4.86. The van der Waals surface area contributed by atoms with Crippen LogP contribution in [0.3, 0.4) is 0 Å². The third-order valence-corrected chi connectivity index (χ3v) is 3.61.